The molecule has 0 aliphatic carbocycles. The van der Waals surface area contributed by atoms with Gasteiger partial charge >= 0.3 is 6.16 Å². The van der Waals surface area contributed by atoms with Crippen LogP contribution in [0.25, 0.3) is 0 Å². The van der Waals surface area contributed by atoms with Gasteiger partial charge in [0.15, 0.2) is 11.5 Å². The van der Waals surface area contributed by atoms with Crippen molar-refractivity contribution in [3.8, 4) is 28.7 Å². The highest BCUT2D eigenvalue weighted by atomic mass is 16.7. The molecule has 0 bridgehead atoms. The predicted molar refractivity (Wildman–Crippen MR) is 103 cm³/mol. The maximum absolute atomic E-state index is 11.1. The van der Waals surface area contributed by atoms with E-state index in [9.17, 15) is 9.90 Å². The van der Waals surface area contributed by atoms with E-state index in [4.69, 9.17) is 24.1 Å². The van der Waals surface area contributed by atoms with Gasteiger partial charge in [0.2, 0.25) is 17.2 Å². The molecule has 0 radical (unpaired) electrons. The first-order valence-corrected chi connectivity index (χ1v) is 9.46. The monoisotopic (exact) mass is 384 g/mol. The van der Waals surface area contributed by atoms with Gasteiger partial charge in [-0.25, -0.2) is 4.79 Å². The molecule has 1 aromatic carbocycles. The van der Waals surface area contributed by atoms with E-state index in [2.05, 4.69) is 6.92 Å². The molecule has 0 fully saturated rings. The highest BCUT2D eigenvalue weighted by molar-refractivity contribution is 5.73. The number of methoxy groups -OCH3 is 3. The number of carbonyl (C=O) groups is 1. The summed E-state index contributed by atoms with van der Waals surface area (Å²) in [4.78, 5) is 11.1. The highest BCUT2D eigenvalue weighted by Crippen LogP contribution is 2.53. The van der Waals surface area contributed by atoms with Crippen molar-refractivity contribution in [2.24, 2.45) is 0 Å². The summed E-state index contributed by atoms with van der Waals surface area (Å²) in [6, 6.07) is 0. The second-order valence-electron chi connectivity index (χ2n) is 6.35. The van der Waals surface area contributed by atoms with Gasteiger partial charge in [0.1, 0.15) is 0 Å². The smallest absolute Gasteiger partial charge is 0.502 e. The Balaban J connectivity index is 2.95. The zero-order chi connectivity index (χ0) is 20.2. The first-order valence-electron chi connectivity index (χ1n) is 9.46. The topological polar surface area (TPSA) is 94.5 Å². The Bertz CT molecular complexity index is 599. The van der Waals surface area contributed by atoms with Gasteiger partial charge < -0.3 is 29.2 Å². The fraction of sp³-hybridized carbons (Fsp3) is 0.650. The van der Waals surface area contributed by atoms with Crippen LogP contribution < -0.4 is 18.9 Å². The quantitative estimate of drug-likeness (QED) is 0.276. The number of hydrogen-bond acceptors (Lipinski definition) is 6. The molecule has 0 amide bonds. The van der Waals surface area contributed by atoms with Gasteiger partial charge in [-0.05, 0) is 12.8 Å². The minimum absolute atomic E-state index is 0.0229. The van der Waals surface area contributed by atoms with Crippen molar-refractivity contribution in [1.29, 1.82) is 0 Å². The van der Waals surface area contributed by atoms with Crippen LogP contribution in [0.5, 0.6) is 28.7 Å². The van der Waals surface area contributed by atoms with Crippen molar-refractivity contribution < 1.29 is 34.0 Å². The summed E-state index contributed by atoms with van der Waals surface area (Å²) in [5.41, 5.74) is 0.459. The number of carboxylic acid groups (broad SMARTS) is 1. The molecular formula is C20H32O7. The Labute approximate surface area is 161 Å². The Kier molecular flexibility index (Phi) is 10.2. The molecule has 1 rings (SSSR count). The van der Waals surface area contributed by atoms with Gasteiger partial charge in [-0.15, -0.1) is 0 Å². The predicted octanol–water partition coefficient (Wildman–Crippen LogP) is 5.16. The van der Waals surface area contributed by atoms with Crippen LogP contribution >= 0.6 is 0 Å². The first-order chi connectivity index (χ1) is 13.0. The number of phenols is 1. The summed E-state index contributed by atoms with van der Waals surface area (Å²) in [6.07, 6.45) is 8.10. The minimum atomic E-state index is -1.52. The SMILES string of the molecule is CCCCCCCCCCc1c(OC(=O)O)c(O)c(OC)c(OC)c1OC. The second-order valence-corrected chi connectivity index (χ2v) is 6.35. The Morgan fingerprint density at radius 2 is 1.30 bits per heavy atom. The van der Waals surface area contributed by atoms with Crippen molar-refractivity contribution in [3.63, 3.8) is 0 Å². The summed E-state index contributed by atoms with van der Waals surface area (Å²) in [7, 11) is 4.23. The molecule has 0 unspecified atom stereocenters. The van der Waals surface area contributed by atoms with E-state index in [-0.39, 0.29) is 17.2 Å². The van der Waals surface area contributed by atoms with Crippen LogP contribution in [0.15, 0.2) is 0 Å². The fourth-order valence-electron chi connectivity index (χ4n) is 3.15. The molecule has 0 aliphatic rings. The number of phenolic OH excluding ortho intramolecular Hbond substituents is 1. The van der Waals surface area contributed by atoms with Crippen LogP contribution in [0, 0.1) is 0 Å². The van der Waals surface area contributed by atoms with E-state index < -0.39 is 11.9 Å². The molecule has 7 heteroatoms. The van der Waals surface area contributed by atoms with Crippen molar-refractivity contribution >= 4 is 6.16 Å². The lowest BCUT2D eigenvalue weighted by molar-refractivity contribution is 0.141. The van der Waals surface area contributed by atoms with Crippen molar-refractivity contribution in [1.82, 2.24) is 0 Å². The van der Waals surface area contributed by atoms with Crippen molar-refractivity contribution in [3.05, 3.63) is 5.56 Å². The van der Waals surface area contributed by atoms with Crippen LogP contribution in [0.1, 0.15) is 63.9 Å². The van der Waals surface area contributed by atoms with E-state index >= 15 is 0 Å². The maximum atomic E-state index is 11.1. The normalized spacial score (nSPS) is 10.5. The molecule has 1 aromatic rings. The lowest BCUT2D eigenvalue weighted by Gasteiger charge is -2.20. The molecule has 0 aromatic heterocycles. The highest BCUT2D eigenvalue weighted by Gasteiger charge is 2.28. The molecule has 2 N–H and O–H groups in total. The molecule has 7 nitrogen and oxygen atoms in total. The van der Waals surface area contributed by atoms with Gasteiger partial charge in [0.05, 0.1) is 21.3 Å². The molecule has 0 atom stereocenters. The molecule has 0 heterocycles. The molecule has 0 saturated heterocycles. The molecule has 0 spiro atoms. The Hall–Kier alpha value is -2.31. The standard InChI is InChI=1S/C20H32O7/c1-5-6-7-8-9-10-11-12-13-14-16(27-20(22)23)15(21)18(25-3)19(26-4)17(14)24-2/h21H,5-13H2,1-4H3,(H,22,23). The number of benzene rings is 1. The van der Waals surface area contributed by atoms with E-state index in [1.54, 1.807) is 0 Å². The van der Waals surface area contributed by atoms with E-state index in [0.29, 0.717) is 17.7 Å². The Morgan fingerprint density at radius 1 is 0.778 bits per heavy atom. The third kappa shape index (κ3) is 6.41. The van der Waals surface area contributed by atoms with Crippen molar-refractivity contribution in [2.45, 2.75) is 64.7 Å². The van der Waals surface area contributed by atoms with Crippen LogP contribution in [-0.2, 0) is 6.42 Å². The fourth-order valence-corrected chi connectivity index (χ4v) is 3.15. The summed E-state index contributed by atoms with van der Waals surface area (Å²) >= 11 is 0. The molecule has 0 aliphatic heterocycles. The molecule has 27 heavy (non-hydrogen) atoms. The van der Waals surface area contributed by atoms with E-state index in [1.807, 2.05) is 0 Å². The lowest BCUT2D eigenvalue weighted by Crippen LogP contribution is -2.09. The van der Waals surface area contributed by atoms with Crippen LogP contribution in [0.2, 0.25) is 0 Å². The van der Waals surface area contributed by atoms with Gasteiger partial charge in [-0.3, -0.25) is 0 Å². The average Bonchev–Trinajstić information content (AvgIpc) is 2.65. The lowest BCUT2D eigenvalue weighted by atomic mass is 10.0. The maximum Gasteiger partial charge on any atom is 0.511 e. The summed E-state index contributed by atoms with van der Waals surface area (Å²) < 4.78 is 20.7. The van der Waals surface area contributed by atoms with Crippen LogP contribution in [-0.4, -0.2) is 37.7 Å². The Morgan fingerprint density at radius 3 is 1.78 bits per heavy atom. The van der Waals surface area contributed by atoms with E-state index in [0.717, 1.165) is 19.3 Å². The summed E-state index contributed by atoms with van der Waals surface area (Å²) in [5, 5.41) is 19.5. The largest absolute Gasteiger partial charge is 0.511 e. The number of unbranched alkanes of at least 4 members (excludes halogenated alkanes) is 7. The number of ether oxygens (including phenoxy) is 4. The van der Waals surface area contributed by atoms with Gasteiger partial charge in [0.25, 0.3) is 0 Å². The number of hydrogen-bond donors (Lipinski definition) is 2. The molecule has 0 saturated carbocycles. The summed E-state index contributed by atoms with van der Waals surface area (Å²) in [6.45, 7) is 2.20. The van der Waals surface area contributed by atoms with Crippen LogP contribution in [0.4, 0.5) is 4.79 Å². The molecule has 154 valence electrons. The number of rotatable bonds is 13. The minimum Gasteiger partial charge on any atom is -0.502 e. The third-order valence-electron chi connectivity index (χ3n) is 4.47. The van der Waals surface area contributed by atoms with E-state index in [1.165, 1.54) is 53.4 Å². The van der Waals surface area contributed by atoms with Gasteiger partial charge in [-0.1, -0.05) is 51.9 Å². The third-order valence-corrected chi connectivity index (χ3v) is 4.47. The van der Waals surface area contributed by atoms with Crippen LogP contribution in [0.3, 0.4) is 0 Å². The summed E-state index contributed by atoms with van der Waals surface area (Å²) in [5.74, 6) is -0.0755. The molecular weight excluding hydrogens is 352 g/mol. The van der Waals surface area contributed by atoms with Crippen molar-refractivity contribution in [2.75, 3.05) is 21.3 Å². The first kappa shape index (κ1) is 22.7. The number of aromatic hydroxyl groups is 1. The average molecular weight is 384 g/mol. The zero-order valence-corrected chi connectivity index (χ0v) is 16.8. The second kappa shape index (κ2) is 12.1. The van der Waals surface area contributed by atoms with Gasteiger partial charge in [-0.2, -0.15) is 0 Å². The van der Waals surface area contributed by atoms with Gasteiger partial charge in [0, 0.05) is 5.56 Å². The zero-order valence-electron chi connectivity index (χ0n) is 16.8.